The molecule has 1 aliphatic heterocycles. The first kappa shape index (κ1) is 23.3. The second kappa shape index (κ2) is 9.85. The average molecular weight is 441 g/mol. The molecule has 2 aromatic rings. The molecule has 1 amide bonds. The van der Waals surface area contributed by atoms with Crippen molar-refractivity contribution in [1.82, 2.24) is 4.90 Å². The van der Waals surface area contributed by atoms with Gasteiger partial charge in [0.1, 0.15) is 17.3 Å². The standard InChI is InChI=1S/C25H28FNO5/c1-15(2)32-25(29)24-16(3)27(14-17-6-8-18(26)9-7-17)23(28)13-21(24)20-11-10-19(30-4)12-22(20)31-5/h6-12,15,21H,13-14H2,1-5H3. The first-order chi connectivity index (χ1) is 15.2. The van der Waals surface area contributed by atoms with Crippen LogP contribution in [0.15, 0.2) is 53.7 Å². The maximum Gasteiger partial charge on any atom is 0.336 e. The number of rotatable bonds is 7. The van der Waals surface area contributed by atoms with E-state index < -0.39 is 11.9 Å². The Kier molecular flexibility index (Phi) is 7.18. The maximum absolute atomic E-state index is 13.3. The highest BCUT2D eigenvalue weighted by molar-refractivity contribution is 5.96. The Morgan fingerprint density at radius 1 is 1.12 bits per heavy atom. The molecule has 170 valence electrons. The minimum atomic E-state index is -0.529. The summed E-state index contributed by atoms with van der Waals surface area (Å²) < 4.78 is 29.6. The second-order valence-corrected chi connectivity index (χ2v) is 7.92. The number of ether oxygens (including phenoxy) is 3. The third-order valence-corrected chi connectivity index (χ3v) is 5.46. The largest absolute Gasteiger partial charge is 0.497 e. The van der Waals surface area contributed by atoms with Crippen molar-refractivity contribution in [2.24, 2.45) is 0 Å². The third-order valence-electron chi connectivity index (χ3n) is 5.46. The second-order valence-electron chi connectivity index (χ2n) is 7.92. The van der Waals surface area contributed by atoms with Crippen LogP contribution in [-0.4, -0.2) is 37.1 Å². The van der Waals surface area contributed by atoms with Crippen molar-refractivity contribution >= 4 is 11.9 Å². The molecule has 6 nitrogen and oxygen atoms in total. The van der Waals surface area contributed by atoms with Crippen molar-refractivity contribution in [1.29, 1.82) is 0 Å². The van der Waals surface area contributed by atoms with Crippen molar-refractivity contribution in [2.45, 2.75) is 45.8 Å². The predicted octanol–water partition coefficient (Wildman–Crippen LogP) is 4.58. The number of esters is 1. The molecular weight excluding hydrogens is 413 g/mol. The van der Waals surface area contributed by atoms with Crippen LogP contribution in [0.3, 0.4) is 0 Å². The molecule has 1 aliphatic rings. The van der Waals surface area contributed by atoms with Crippen molar-refractivity contribution < 1.29 is 28.2 Å². The lowest BCUT2D eigenvalue weighted by molar-refractivity contribution is -0.143. The van der Waals surface area contributed by atoms with Gasteiger partial charge in [0.25, 0.3) is 0 Å². The Hall–Kier alpha value is -3.35. The molecule has 0 bridgehead atoms. The lowest BCUT2D eigenvalue weighted by Gasteiger charge is -2.35. The van der Waals surface area contributed by atoms with Gasteiger partial charge in [0.2, 0.25) is 5.91 Å². The summed E-state index contributed by atoms with van der Waals surface area (Å²) >= 11 is 0. The van der Waals surface area contributed by atoms with E-state index in [0.29, 0.717) is 28.3 Å². The summed E-state index contributed by atoms with van der Waals surface area (Å²) in [6.07, 6.45) is -0.242. The molecule has 32 heavy (non-hydrogen) atoms. The van der Waals surface area contributed by atoms with E-state index in [9.17, 15) is 14.0 Å². The Bertz CT molecular complexity index is 1030. The number of hydrogen-bond donors (Lipinski definition) is 0. The molecule has 1 heterocycles. The van der Waals surface area contributed by atoms with Crippen molar-refractivity contribution in [2.75, 3.05) is 14.2 Å². The van der Waals surface area contributed by atoms with E-state index in [2.05, 4.69) is 0 Å². The lowest BCUT2D eigenvalue weighted by Crippen LogP contribution is -2.38. The Balaban J connectivity index is 2.08. The van der Waals surface area contributed by atoms with Gasteiger partial charge in [-0.2, -0.15) is 0 Å². The molecule has 1 atom stereocenters. The molecule has 0 aromatic heterocycles. The van der Waals surface area contributed by atoms with Crippen LogP contribution >= 0.6 is 0 Å². The number of carbonyl (C=O) groups excluding carboxylic acids is 2. The van der Waals surface area contributed by atoms with Gasteiger partial charge in [-0.05, 0) is 44.5 Å². The minimum absolute atomic E-state index is 0.0732. The fourth-order valence-corrected chi connectivity index (χ4v) is 3.89. The Morgan fingerprint density at radius 2 is 1.81 bits per heavy atom. The predicted molar refractivity (Wildman–Crippen MR) is 118 cm³/mol. The number of halogens is 1. The summed E-state index contributed by atoms with van der Waals surface area (Å²) in [7, 11) is 3.09. The zero-order valence-electron chi connectivity index (χ0n) is 19.0. The molecule has 0 N–H and O–H groups in total. The SMILES string of the molecule is COc1ccc(C2CC(=O)N(Cc3ccc(F)cc3)C(C)=C2C(=O)OC(C)C)c(OC)c1. The highest BCUT2D eigenvalue weighted by Gasteiger charge is 2.38. The fraction of sp³-hybridized carbons (Fsp3) is 0.360. The van der Waals surface area contributed by atoms with Crippen molar-refractivity contribution in [3.63, 3.8) is 0 Å². The van der Waals surface area contributed by atoms with E-state index in [1.54, 1.807) is 63.1 Å². The Morgan fingerprint density at radius 3 is 2.41 bits per heavy atom. The highest BCUT2D eigenvalue weighted by atomic mass is 19.1. The number of hydrogen-bond acceptors (Lipinski definition) is 5. The van der Waals surface area contributed by atoms with Gasteiger partial charge in [0, 0.05) is 29.7 Å². The van der Waals surface area contributed by atoms with E-state index in [1.165, 1.54) is 19.2 Å². The van der Waals surface area contributed by atoms with Gasteiger partial charge in [0.05, 0.1) is 32.4 Å². The van der Waals surface area contributed by atoms with E-state index in [-0.39, 0.29) is 30.8 Å². The molecular formula is C25H28FNO5. The quantitative estimate of drug-likeness (QED) is 0.589. The zero-order chi connectivity index (χ0) is 23.4. The smallest absolute Gasteiger partial charge is 0.336 e. The van der Waals surface area contributed by atoms with Crippen LogP contribution < -0.4 is 9.47 Å². The normalized spacial score (nSPS) is 16.4. The summed E-state index contributed by atoms with van der Waals surface area (Å²) in [5.74, 6) is -0.361. The highest BCUT2D eigenvalue weighted by Crippen LogP contribution is 2.42. The molecule has 0 spiro atoms. The summed E-state index contributed by atoms with van der Waals surface area (Å²) in [6.45, 7) is 5.53. The first-order valence-corrected chi connectivity index (χ1v) is 10.4. The Labute approximate surface area is 187 Å². The molecule has 0 fully saturated rings. The molecule has 7 heteroatoms. The summed E-state index contributed by atoms with van der Waals surface area (Å²) in [5, 5.41) is 0. The van der Waals surface area contributed by atoms with Crippen molar-refractivity contribution in [3.8, 4) is 11.5 Å². The van der Waals surface area contributed by atoms with Gasteiger partial charge in [-0.15, -0.1) is 0 Å². The topological polar surface area (TPSA) is 65.1 Å². The van der Waals surface area contributed by atoms with Crippen LogP contribution in [-0.2, 0) is 20.9 Å². The molecule has 3 rings (SSSR count). The number of amides is 1. The molecule has 0 radical (unpaired) electrons. The van der Waals surface area contributed by atoms with Gasteiger partial charge < -0.3 is 19.1 Å². The molecule has 0 saturated carbocycles. The van der Waals surface area contributed by atoms with Crippen LogP contribution in [0, 0.1) is 5.82 Å². The molecule has 0 aliphatic carbocycles. The maximum atomic E-state index is 13.3. The summed E-state index contributed by atoms with van der Waals surface area (Å²) in [5.41, 5.74) is 2.39. The number of methoxy groups -OCH3 is 2. The number of benzene rings is 2. The number of nitrogens with zero attached hydrogens (tertiary/aromatic N) is 1. The number of carbonyl (C=O) groups is 2. The van der Waals surface area contributed by atoms with Gasteiger partial charge in [-0.3, -0.25) is 4.79 Å². The summed E-state index contributed by atoms with van der Waals surface area (Å²) in [4.78, 5) is 27.9. The molecule has 1 unspecified atom stereocenters. The third kappa shape index (κ3) is 4.93. The van der Waals surface area contributed by atoms with Crippen LogP contribution in [0.4, 0.5) is 4.39 Å². The van der Waals surface area contributed by atoms with E-state index in [0.717, 1.165) is 5.56 Å². The lowest BCUT2D eigenvalue weighted by atomic mass is 9.83. The van der Waals surface area contributed by atoms with Crippen LogP contribution in [0.1, 0.15) is 44.2 Å². The fourth-order valence-electron chi connectivity index (χ4n) is 3.89. The summed E-state index contributed by atoms with van der Waals surface area (Å²) in [6, 6.07) is 11.3. The average Bonchev–Trinajstić information content (AvgIpc) is 2.76. The minimum Gasteiger partial charge on any atom is -0.497 e. The van der Waals surface area contributed by atoms with Gasteiger partial charge >= 0.3 is 5.97 Å². The van der Waals surface area contributed by atoms with E-state index >= 15 is 0 Å². The molecule has 2 aromatic carbocycles. The van der Waals surface area contributed by atoms with Gasteiger partial charge in [-0.25, -0.2) is 9.18 Å². The van der Waals surface area contributed by atoms with Gasteiger partial charge in [0.15, 0.2) is 0 Å². The van der Waals surface area contributed by atoms with Crippen molar-refractivity contribution in [3.05, 3.63) is 70.7 Å². The zero-order valence-corrected chi connectivity index (χ0v) is 19.0. The van der Waals surface area contributed by atoms with Gasteiger partial charge in [-0.1, -0.05) is 18.2 Å². The molecule has 0 saturated heterocycles. The van der Waals surface area contributed by atoms with Crippen LogP contribution in [0.5, 0.6) is 11.5 Å². The van der Waals surface area contributed by atoms with E-state index in [4.69, 9.17) is 14.2 Å². The first-order valence-electron chi connectivity index (χ1n) is 10.4. The monoisotopic (exact) mass is 441 g/mol. The van der Waals surface area contributed by atoms with Crippen LogP contribution in [0.25, 0.3) is 0 Å². The number of allylic oxidation sites excluding steroid dienone is 1. The van der Waals surface area contributed by atoms with E-state index in [1.807, 2.05) is 0 Å². The van der Waals surface area contributed by atoms with Crippen LogP contribution in [0.2, 0.25) is 0 Å².